The minimum absolute atomic E-state index is 0.123. The molecule has 17 heavy (non-hydrogen) atoms. The maximum Gasteiger partial charge on any atom is 0.293 e. The molecule has 1 aromatic rings. The standard InChI is InChI=1S/C12H13N3O2/c13-7-9-5-6-11(14-8-9)12(16)15-17-10-3-1-2-4-10/h5-6,8,10H,1-4H2,(H,15,16). The zero-order chi connectivity index (χ0) is 12.1. The van der Waals surface area contributed by atoms with Crippen LogP contribution in [0.1, 0.15) is 41.7 Å². The van der Waals surface area contributed by atoms with Gasteiger partial charge in [0.1, 0.15) is 11.8 Å². The van der Waals surface area contributed by atoms with E-state index >= 15 is 0 Å². The van der Waals surface area contributed by atoms with E-state index in [4.69, 9.17) is 10.1 Å². The first kappa shape index (κ1) is 11.6. The van der Waals surface area contributed by atoms with Crippen LogP contribution in [0.25, 0.3) is 0 Å². The first-order valence-electron chi connectivity index (χ1n) is 5.62. The maximum atomic E-state index is 11.6. The van der Waals surface area contributed by atoms with E-state index < -0.39 is 0 Å². The second-order valence-corrected chi connectivity index (χ2v) is 4.00. The first-order chi connectivity index (χ1) is 8.29. The number of aromatic nitrogens is 1. The summed E-state index contributed by atoms with van der Waals surface area (Å²) < 4.78 is 0. The van der Waals surface area contributed by atoms with Crippen molar-refractivity contribution in [3.05, 3.63) is 29.6 Å². The lowest BCUT2D eigenvalue weighted by Gasteiger charge is -2.10. The summed E-state index contributed by atoms with van der Waals surface area (Å²) in [4.78, 5) is 20.8. The van der Waals surface area contributed by atoms with Crippen LogP contribution in [-0.2, 0) is 4.84 Å². The molecule has 0 aromatic carbocycles. The van der Waals surface area contributed by atoms with Gasteiger partial charge in [0, 0.05) is 6.20 Å². The first-order valence-corrected chi connectivity index (χ1v) is 5.62. The molecule has 1 saturated carbocycles. The van der Waals surface area contributed by atoms with Crippen molar-refractivity contribution in [3.8, 4) is 6.07 Å². The van der Waals surface area contributed by atoms with Crippen LogP contribution in [0.2, 0.25) is 0 Å². The van der Waals surface area contributed by atoms with Gasteiger partial charge < -0.3 is 0 Å². The molecule has 0 spiro atoms. The van der Waals surface area contributed by atoms with Crippen LogP contribution in [0.3, 0.4) is 0 Å². The molecule has 0 bridgehead atoms. The topological polar surface area (TPSA) is 75.0 Å². The van der Waals surface area contributed by atoms with Crippen molar-refractivity contribution in [2.24, 2.45) is 0 Å². The Hall–Kier alpha value is -1.93. The molecule has 1 N–H and O–H groups in total. The lowest BCUT2D eigenvalue weighted by molar-refractivity contribution is -0.0127. The minimum atomic E-state index is -0.374. The number of nitriles is 1. The highest BCUT2D eigenvalue weighted by Gasteiger charge is 2.17. The highest BCUT2D eigenvalue weighted by molar-refractivity contribution is 5.91. The summed E-state index contributed by atoms with van der Waals surface area (Å²) in [6.07, 6.45) is 5.76. The molecule has 1 heterocycles. The summed E-state index contributed by atoms with van der Waals surface area (Å²) >= 11 is 0. The van der Waals surface area contributed by atoms with Crippen molar-refractivity contribution < 1.29 is 9.63 Å². The van der Waals surface area contributed by atoms with Gasteiger partial charge in [0.25, 0.3) is 5.91 Å². The number of hydroxylamine groups is 1. The quantitative estimate of drug-likeness (QED) is 0.801. The molecular formula is C12H13N3O2. The van der Waals surface area contributed by atoms with Crippen LogP contribution in [0, 0.1) is 11.3 Å². The van der Waals surface area contributed by atoms with Crippen LogP contribution in [0.4, 0.5) is 0 Å². The van der Waals surface area contributed by atoms with Gasteiger partial charge in [0.15, 0.2) is 0 Å². The van der Waals surface area contributed by atoms with Crippen molar-refractivity contribution >= 4 is 5.91 Å². The molecule has 0 radical (unpaired) electrons. The Balaban J connectivity index is 1.88. The van der Waals surface area contributed by atoms with Gasteiger partial charge in [-0.15, -0.1) is 0 Å². The number of carbonyl (C=O) groups is 1. The Kier molecular flexibility index (Phi) is 3.68. The van der Waals surface area contributed by atoms with Gasteiger partial charge in [-0.1, -0.05) is 12.8 Å². The molecule has 0 unspecified atom stereocenters. The smallest absolute Gasteiger partial charge is 0.270 e. The van der Waals surface area contributed by atoms with Gasteiger partial charge in [-0.2, -0.15) is 5.26 Å². The average Bonchev–Trinajstić information content (AvgIpc) is 2.89. The minimum Gasteiger partial charge on any atom is -0.270 e. The van der Waals surface area contributed by atoms with E-state index in [9.17, 15) is 4.79 Å². The molecule has 5 nitrogen and oxygen atoms in total. The van der Waals surface area contributed by atoms with Crippen LogP contribution >= 0.6 is 0 Å². The third-order valence-corrected chi connectivity index (χ3v) is 2.75. The van der Waals surface area contributed by atoms with Crippen molar-refractivity contribution in [1.29, 1.82) is 5.26 Å². The zero-order valence-corrected chi connectivity index (χ0v) is 9.35. The number of carbonyl (C=O) groups excluding carboxylic acids is 1. The summed E-state index contributed by atoms with van der Waals surface area (Å²) in [5.74, 6) is -0.374. The Morgan fingerprint density at radius 1 is 1.47 bits per heavy atom. The molecule has 0 atom stereocenters. The highest BCUT2D eigenvalue weighted by Crippen LogP contribution is 2.19. The predicted molar refractivity (Wildman–Crippen MR) is 59.8 cm³/mol. The van der Waals surface area contributed by atoms with E-state index in [1.807, 2.05) is 6.07 Å². The van der Waals surface area contributed by atoms with Crippen molar-refractivity contribution in [2.75, 3.05) is 0 Å². The molecule has 88 valence electrons. The Morgan fingerprint density at radius 3 is 2.82 bits per heavy atom. The normalized spacial score (nSPS) is 15.5. The predicted octanol–water partition coefficient (Wildman–Crippen LogP) is 1.56. The number of nitrogens with one attached hydrogen (secondary N) is 1. The van der Waals surface area contributed by atoms with Gasteiger partial charge in [0.05, 0.1) is 11.7 Å². The Morgan fingerprint density at radius 2 is 2.24 bits per heavy atom. The SMILES string of the molecule is N#Cc1ccc(C(=O)NOC2CCCC2)nc1. The van der Waals surface area contributed by atoms with Crippen LogP contribution < -0.4 is 5.48 Å². The Bertz CT molecular complexity index is 430. The number of pyridine rings is 1. The second kappa shape index (κ2) is 5.41. The maximum absolute atomic E-state index is 11.6. The highest BCUT2D eigenvalue weighted by atomic mass is 16.7. The molecule has 2 rings (SSSR count). The largest absolute Gasteiger partial charge is 0.293 e. The third-order valence-electron chi connectivity index (χ3n) is 2.75. The lowest BCUT2D eigenvalue weighted by atomic mass is 10.2. The summed E-state index contributed by atoms with van der Waals surface area (Å²) in [7, 11) is 0. The molecule has 0 aliphatic heterocycles. The van der Waals surface area contributed by atoms with E-state index in [0.717, 1.165) is 25.7 Å². The molecular weight excluding hydrogens is 218 g/mol. The van der Waals surface area contributed by atoms with E-state index in [1.54, 1.807) is 6.07 Å². The van der Waals surface area contributed by atoms with Crippen molar-refractivity contribution in [3.63, 3.8) is 0 Å². The van der Waals surface area contributed by atoms with E-state index in [0.29, 0.717) is 5.56 Å². The molecule has 0 saturated heterocycles. The molecule has 5 heteroatoms. The van der Waals surface area contributed by atoms with Gasteiger partial charge >= 0.3 is 0 Å². The summed E-state index contributed by atoms with van der Waals surface area (Å²) in [5.41, 5.74) is 3.07. The molecule has 1 fully saturated rings. The average molecular weight is 231 g/mol. The number of nitrogens with zero attached hydrogens (tertiary/aromatic N) is 2. The molecule has 1 amide bonds. The van der Waals surface area contributed by atoms with Gasteiger partial charge in [-0.3, -0.25) is 9.63 Å². The number of hydrogen-bond acceptors (Lipinski definition) is 4. The van der Waals surface area contributed by atoms with E-state index in [-0.39, 0.29) is 17.7 Å². The van der Waals surface area contributed by atoms with Crippen LogP contribution in [-0.4, -0.2) is 17.0 Å². The van der Waals surface area contributed by atoms with Gasteiger partial charge in [0.2, 0.25) is 0 Å². The summed E-state index contributed by atoms with van der Waals surface area (Å²) in [6, 6.07) is 5.00. The zero-order valence-electron chi connectivity index (χ0n) is 9.35. The molecule has 1 aromatic heterocycles. The van der Waals surface area contributed by atoms with Crippen molar-refractivity contribution in [2.45, 2.75) is 31.8 Å². The van der Waals surface area contributed by atoms with Crippen LogP contribution in [0.15, 0.2) is 18.3 Å². The number of rotatable bonds is 3. The fraction of sp³-hybridized carbons (Fsp3) is 0.417. The monoisotopic (exact) mass is 231 g/mol. The summed E-state index contributed by atoms with van der Waals surface area (Å²) in [5, 5.41) is 8.60. The number of amides is 1. The molecule has 1 aliphatic carbocycles. The second-order valence-electron chi connectivity index (χ2n) is 4.00. The van der Waals surface area contributed by atoms with Gasteiger partial charge in [-0.05, 0) is 25.0 Å². The van der Waals surface area contributed by atoms with Gasteiger partial charge in [-0.25, -0.2) is 10.5 Å². The fourth-order valence-electron chi connectivity index (χ4n) is 1.79. The fourth-order valence-corrected chi connectivity index (χ4v) is 1.79. The Labute approximate surface area is 99.4 Å². The van der Waals surface area contributed by atoms with Crippen molar-refractivity contribution in [1.82, 2.24) is 10.5 Å². The number of hydrogen-bond donors (Lipinski definition) is 1. The van der Waals surface area contributed by atoms with E-state index in [2.05, 4.69) is 10.5 Å². The molecule has 1 aliphatic rings. The summed E-state index contributed by atoms with van der Waals surface area (Å²) in [6.45, 7) is 0. The van der Waals surface area contributed by atoms with Crippen LogP contribution in [0.5, 0.6) is 0 Å². The third kappa shape index (κ3) is 3.02. The van der Waals surface area contributed by atoms with E-state index in [1.165, 1.54) is 12.3 Å². The lowest BCUT2D eigenvalue weighted by Crippen LogP contribution is -2.28.